The van der Waals surface area contributed by atoms with E-state index in [0.29, 0.717) is 43.0 Å². The molecule has 0 radical (unpaired) electrons. The highest BCUT2D eigenvalue weighted by Gasteiger charge is 2.40. The highest BCUT2D eigenvalue weighted by molar-refractivity contribution is 5.97. The van der Waals surface area contributed by atoms with E-state index in [4.69, 9.17) is 9.47 Å². The third-order valence-electron chi connectivity index (χ3n) is 6.22. The van der Waals surface area contributed by atoms with Gasteiger partial charge in [-0.3, -0.25) is 4.79 Å². The number of methoxy groups -OCH3 is 1. The van der Waals surface area contributed by atoms with Crippen molar-refractivity contribution in [2.45, 2.75) is 31.4 Å². The molecule has 2 aliphatic rings. The maximum absolute atomic E-state index is 14.9. The highest BCUT2D eigenvalue weighted by Crippen LogP contribution is 2.39. The second-order valence-electron chi connectivity index (χ2n) is 8.23. The summed E-state index contributed by atoms with van der Waals surface area (Å²) in [5.41, 5.74) is 0.376. The second-order valence-corrected chi connectivity index (χ2v) is 8.23. The molecule has 0 saturated carbocycles. The molecule has 32 heavy (non-hydrogen) atoms. The number of fused-ring (bicyclic) bond motifs is 1. The standard InChI is InChI=1S/C24H26FN3O4/c1-31-18-4-2-16(3-5-18)14-28-22(29)9-6-19-21(8-7-20(25)23(19)28)32-15-24(30)10-11-27-13-17(24)12-26/h2-5,7-8,17,27,30H,6,9-11,13-15H2,1H3/t17-,24+/m0/s1. The Morgan fingerprint density at radius 3 is 2.78 bits per heavy atom. The number of rotatable bonds is 6. The molecule has 7 nitrogen and oxygen atoms in total. The molecule has 168 valence electrons. The fraction of sp³-hybridized carbons (Fsp3) is 0.417. The molecule has 2 aromatic carbocycles. The van der Waals surface area contributed by atoms with E-state index in [1.54, 1.807) is 19.2 Å². The van der Waals surface area contributed by atoms with Gasteiger partial charge >= 0.3 is 0 Å². The van der Waals surface area contributed by atoms with Crippen LogP contribution >= 0.6 is 0 Å². The number of carbonyl (C=O) groups excluding carboxylic acids is 1. The van der Waals surface area contributed by atoms with Gasteiger partial charge in [0.25, 0.3) is 0 Å². The van der Waals surface area contributed by atoms with Gasteiger partial charge in [0.05, 0.1) is 31.3 Å². The summed E-state index contributed by atoms with van der Waals surface area (Å²) in [4.78, 5) is 14.1. The van der Waals surface area contributed by atoms with Crippen molar-refractivity contribution >= 4 is 11.6 Å². The third-order valence-corrected chi connectivity index (χ3v) is 6.22. The summed E-state index contributed by atoms with van der Waals surface area (Å²) in [6.07, 6.45) is 0.969. The number of halogens is 1. The molecule has 2 heterocycles. The fourth-order valence-electron chi connectivity index (χ4n) is 4.29. The zero-order valence-electron chi connectivity index (χ0n) is 17.9. The van der Waals surface area contributed by atoms with Gasteiger partial charge < -0.3 is 24.8 Å². The Kier molecular flexibility index (Phi) is 6.31. The molecule has 2 atom stereocenters. The number of ether oxygens (including phenoxy) is 2. The molecule has 1 fully saturated rings. The molecule has 4 rings (SSSR count). The number of aliphatic hydroxyl groups is 1. The van der Waals surface area contributed by atoms with Crippen molar-refractivity contribution in [3.63, 3.8) is 0 Å². The van der Waals surface area contributed by atoms with E-state index in [0.717, 1.165) is 5.56 Å². The third kappa shape index (κ3) is 4.27. The smallest absolute Gasteiger partial charge is 0.227 e. The number of hydrogen-bond acceptors (Lipinski definition) is 6. The zero-order chi connectivity index (χ0) is 22.7. The lowest BCUT2D eigenvalue weighted by atomic mass is 9.83. The first kappa shape index (κ1) is 22.1. The van der Waals surface area contributed by atoms with Crippen LogP contribution < -0.4 is 19.7 Å². The summed E-state index contributed by atoms with van der Waals surface area (Å²) < 4.78 is 26.0. The van der Waals surface area contributed by atoms with Crippen LogP contribution in [0.25, 0.3) is 0 Å². The van der Waals surface area contributed by atoms with Crippen LogP contribution in [0.2, 0.25) is 0 Å². The van der Waals surface area contributed by atoms with Gasteiger partial charge in [0, 0.05) is 18.5 Å². The van der Waals surface area contributed by atoms with Crippen LogP contribution in [0.4, 0.5) is 10.1 Å². The molecule has 0 aromatic heterocycles. The molecule has 1 amide bonds. The lowest BCUT2D eigenvalue weighted by Crippen LogP contribution is -2.53. The minimum atomic E-state index is -1.28. The molecule has 0 aliphatic carbocycles. The van der Waals surface area contributed by atoms with Gasteiger partial charge in [0.15, 0.2) is 0 Å². The Bertz CT molecular complexity index is 1040. The van der Waals surface area contributed by atoms with Gasteiger partial charge in [0.1, 0.15) is 29.5 Å². The summed E-state index contributed by atoms with van der Waals surface area (Å²) in [5.74, 6) is -0.124. The SMILES string of the molecule is COc1ccc(CN2C(=O)CCc3c(OC[C@]4(O)CCNC[C@@H]4C#N)ccc(F)c32)cc1. The summed E-state index contributed by atoms with van der Waals surface area (Å²) in [6, 6.07) is 12.2. The van der Waals surface area contributed by atoms with Crippen LogP contribution in [0, 0.1) is 23.1 Å². The molecule has 1 saturated heterocycles. The normalized spacial score (nSPS) is 22.8. The van der Waals surface area contributed by atoms with Crippen LogP contribution in [0.1, 0.15) is 24.0 Å². The topological polar surface area (TPSA) is 94.8 Å². The Labute approximate surface area is 186 Å². The summed E-state index contributed by atoms with van der Waals surface area (Å²) >= 11 is 0. The quantitative estimate of drug-likeness (QED) is 0.719. The first-order valence-corrected chi connectivity index (χ1v) is 10.7. The van der Waals surface area contributed by atoms with Crippen LogP contribution in [0.3, 0.4) is 0 Å². The largest absolute Gasteiger partial charge is 0.497 e. The molecule has 0 bridgehead atoms. The van der Waals surface area contributed by atoms with E-state index >= 15 is 0 Å². The lowest BCUT2D eigenvalue weighted by molar-refractivity contribution is -0.119. The zero-order valence-corrected chi connectivity index (χ0v) is 17.9. The molecular weight excluding hydrogens is 413 g/mol. The first-order chi connectivity index (χ1) is 15.4. The maximum atomic E-state index is 14.9. The first-order valence-electron chi connectivity index (χ1n) is 10.7. The van der Waals surface area contributed by atoms with Gasteiger partial charge in [0.2, 0.25) is 5.91 Å². The molecule has 0 unspecified atom stereocenters. The van der Waals surface area contributed by atoms with Gasteiger partial charge in [-0.2, -0.15) is 5.26 Å². The van der Waals surface area contributed by atoms with Gasteiger partial charge in [-0.05, 0) is 49.2 Å². The van der Waals surface area contributed by atoms with Crippen LogP contribution in [0.15, 0.2) is 36.4 Å². The average Bonchev–Trinajstić information content (AvgIpc) is 2.81. The van der Waals surface area contributed by atoms with E-state index in [2.05, 4.69) is 11.4 Å². The maximum Gasteiger partial charge on any atom is 0.227 e. The van der Waals surface area contributed by atoms with Gasteiger partial charge in [-0.15, -0.1) is 0 Å². The Hall–Kier alpha value is -3.15. The average molecular weight is 439 g/mol. The molecular formula is C24H26FN3O4. The summed E-state index contributed by atoms with van der Waals surface area (Å²) in [5, 5.41) is 23.4. The number of piperidine rings is 1. The van der Waals surface area contributed by atoms with Crippen molar-refractivity contribution < 1.29 is 23.8 Å². The van der Waals surface area contributed by atoms with E-state index < -0.39 is 17.3 Å². The minimum Gasteiger partial charge on any atom is -0.497 e. The van der Waals surface area contributed by atoms with Crippen LogP contribution in [0.5, 0.6) is 11.5 Å². The Morgan fingerprint density at radius 1 is 1.28 bits per heavy atom. The molecule has 0 spiro atoms. The van der Waals surface area contributed by atoms with Gasteiger partial charge in [-0.1, -0.05) is 12.1 Å². The van der Waals surface area contributed by atoms with Crippen molar-refractivity contribution in [1.82, 2.24) is 5.32 Å². The number of nitriles is 1. The minimum absolute atomic E-state index is 0.0720. The van der Waals surface area contributed by atoms with Crippen LogP contribution in [-0.2, 0) is 17.8 Å². The lowest BCUT2D eigenvalue weighted by Gasteiger charge is -2.37. The number of nitrogens with one attached hydrogen (secondary N) is 1. The molecule has 8 heteroatoms. The van der Waals surface area contributed by atoms with Crippen molar-refractivity contribution in [2.24, 2.45) is 5.92 Å². The number of carbonyl (C=O) groups is 1. The van der Waals surface area contributed by atoms with E-state index in [-0.39, 0.29) is 31.2 Å². The Morgan fingerprint density at radius 2 is 2.06 bits per heavy atom. The molecule has 2 aromatic rings. The number of amides is 1. The van der Waals surface area contributed by atoms with Crippen molar-refractivity contribution in [1.29, 1.82) is 5.26 Å². The number of hydrogen-bond donors (Lipinski definition) is 2. The predicted molar refractivity (Wildman–Crippen MR) is 116 cm³/mol. The van der Waals surface area contributed by atoms with Gasteiger partial charge in [-0.25, -0.2) is 4.39 Å². The monoisotopic (exact) mass is 439 g/mol. The summed E-state index contributed by atoms with van der Waals surface area (Å²) in [6.45, 7) is 1.13. The highest BCUT2D eigenvalue weighted by atomic mass is 19.1. The Balaban J connectivity index is 1.59. The van der Waals surface area contributed by atoms with E-state index in [1.165, 1.54) is 17.0 Å². The van der Waals surface area contributed by atoms with Crippen molar-refractivity contribution in [3.05, 3.63) is 53.3 Å². The number of nitrogens with zero attached hydrogens (tertiary/aromatic N) is 2. The van der Waals surface area contributed by atoms with Crippen molar-refractivity contribution in [2.75, 3.05) is 31.7 Å². The summed E-state index contributed by atoms with van der Waals surface area (Å²) in [7, 11) is 1.58. The molecule has 2 N–H and O–H groups in total. The van der Waals surface area contributed by atoms with E-state index in [9.17, 15) is 19.6 Å². The predicted octanol–water partition coefficient (Wildman–Crippen LogP) is 2.56. The fourth-order valence-corrected chi connectivity index (χ4v) is 4.29. The molecule has 2 aliphatic heterocycles. The van der Waals surface area contributed by atoms with Crippen LogP contribution in [-0.4, -0.2) is 43.4 Å². The van der Waals surface area contributed by atoms with E-state index in [1.807, 2.05) is 12.1 Å². The number of benzene rings is 2. The number of anilines is 1. The van der Waals surface area contributed by atoms with Crippen molar-refractivity contribution in [3.8, 4) is 17.6 Å². The second kappa shape index (κ2) is 9.15.